The minimum absolute atomic E-state index is 0.0182. The van der Waals surface area contributed by atoms with Crippen LogP contribution in [0.15, 0.2) is 59.1 Å². The smallest absolute Gasteiger partial charge is 0.271 e. The van der Waals surface area contributed by atoms with E-state index in [-0.39, 0.29) is 21.3 Å². The van der Waals surface area contributed by atoms with Gasteiger partial charge >= 0.3 is 0 Å². The van der Waals surface area contributed by atoms with Crippen LogP contribution in [0.1, 0.15) is 0 Å². The Morgan fingerprint density at radius 1 is 1.12 bits per heavy atom. The number of hydrogen-bond acceptors (Lipinski definition) is 5. The van der Waals surface area contributed by atoms with Crippen LogP contribution in [0.25, 0.3) is 21.5 Å². The molecule has 0 amide bonds. The second-order valence-electron chi connectivity index (χ2n) is 5.21. The highest BCUT2D eigenvalue weighted by molar-refractivity contribution is 7.94. The predicted molar refractivity (Wildman–Crippen MR) is 94.4 cm³/mol. The SMILES string of the molecule is O=S(=O)(Nc1cccc(F)c1-c1ncn[nH]1)c1cc2ccccc2s1. The molecule has 0 radical (unpaired) electrons. The summed E-state index contributed by atoms with van der Waals surface area (Å²) < 4.78 is 43.2. The second kappa shape index (κ2) is 5.94. The molecule has 0 unspecified atom stereocenters. The maximum absolute atomic E-state index is 14.2. The Labute approximate surface area is 146 Å². The van der Waals surface area contributed by atoms with E-state index in [1.807, 2.05) is 24.3 Å². The number of hydrogen-bond donors (Lipinski definition) is 2. The van der Waals surface area contributed by atoms with Gasteiger partial charge in [-0.2, -0.15) is 5.10 Å². The Bertz CT molecular complexity index is 1120. The molecule has 0 atom stereocenters. The molecule has 4 aromatic rings. The lowest BCUT2D eigenvalue weighted by atomic mass is 10.1. The zero-order valence-corrected chi connectivity index (χ0v) is 14.2. The zero-order chi connectivity index (χ0) is 17.4. The average Bonchev–Trinajstić information content (AvgIpc) is 3.24. The van der Waals surface area contributed by atoms with E-state index in [1.165, 1.54) is 24.5 Å². The van der Waals surface area contributed by atoms with Gasteiger partial charge in [-0.3, -0.25) is 9.82 Å². The molecular weight excluding hydrogens is 363 g/mol. The second-order valence-corrected chi connectivity index (χ2v) is 8.20. The van der Waals surface area contributed by atoms with Gasteiger partial charge in [0.05, 0.1) is 11.3 Å². The van der Waals surface area contributed by atoms with Crippen LogP contribution in [0.2, 0.25) is 0 Å². The number of rotatable bonds is 4. The van der Waals surface area contributed by atoms with Gasteiger partial charge in [0.25, 0.3) is 10.0 Å². The number of benzene rings is 2. The fourth-order valence-corrected chi connectivity index (χ4v) is 4.93. The van der Waals surface area contributed by atoms with Gasteiger partial charge in [0.2, 0.25) is 0 Å². The highest BCUT2D eigenvalue weighted by atomic mass is 32.2. The van der Waals surface area contributed by atoms with Crippen molar-refractivity contribution in [3.8, 4) is 11.4 Å². The van der Waals surface area contributed by atoms with E-state index in [1.54, 1.807) is 6.07 Å². The van der Waals surface area contributed by atoms with Gasteiger partial charge in [-0.25, -0.2) is 17.8 Å². The third kappa shape index (κ3) is 2.87. The largest absolute Gasteiger partial charge is 0.278 e. The Morgan fingerprint density at radius 3 is 2.72 bits per heavy atom. The average molecular weight is 374 g/mol. The van der Waals surface area contributed by atoms with Crippen molar-refractivity contribution in [1.29, 1.82) is 0 Å². The van der Waals surface area contributed by atoms with Gasteiger partial charge in [0, 0.05) is 4.70 Å². The number of thiophene rings is 1. The van der Waals surface area contributed by atoms with Crippen LogP contribution in [0.3, 0.4) is 0 Å². The summed E-state index contributed by atoms with van der Waals surface area (Å²) >= 11 is 1.15. The van der Waals surface area contributed by atoms with Gasteiger partial charge in [0.1, 0.15) is 16.4 Å². The first-order chi connectivity index (χ1) is 12.0. The van der Waals surface area contributed by atoms with E-state index in [0.717, 1.165) is 21.4 Å². The molecule has 2 aromatic carbocycles. The Kier molecular flexibility index (Phi) is 3.74. The van der Waals surface area contributed by atoms with Crippen molar-refractivity contribution in [1.82, 2.24) is 15.2 Å². The van der Waals surface area contributed by atoms with E-state index >= 15 is 0 Å². The van der Waals surface area contributed by atoms with Crippen LogP contribution < -0.4 is 4.72 Å². The molecule has 0 saturated carbocycles. The van der Waals surface area contributed by atoms with Crippen molar-refractivity contribution in [2.45, 2.75) is 4.21 Å². The number of halogens is 1. The molecule has 0 aliphatic heterocycles. The molecular formula is C16H11FN4O2S2. The topological polar surface area (TPSA) is 87.7 Å². The highest BCUT2D eigenvalue weighted by Crippen LogP contribution is 2.33. The van der Waals surface area contributed by atoms with E-state index in [4.69, 9.17) is 0 Å². The monoisotopic (exact) mass is 374 g/mol. The van der Waals surface area contributed by atoms with Crippen molar-refractivity contribution >= 4 is 37.1 Å². The van der Waals surface area contributed by atoms with Crippen LogP contribution in [0.4, 0.5) is 10.1 Å². The number of aromatic amines is 1. The molecule has 0 bridgehead atoms. The summed E-state index contributed by atoms with van der Waals surface area (Å²) in [6, 6.07) is 13.1. The summed E-state index contributed by atoms with van der Waals surface area (Å²) in [4.78, 5) is 3.91. The lowest BCUT2D eigenvalue weighted by Crippen LogP contribution is -2.13. The summed E-state index contributed by atoms with van der Waals surface area (Å²) in [7, 11) is -3.87. The Morgan fingerprint density at radius 2 is 1.96 bits per heavy atom. The van der Waals surface area contributed by atoms with Gasteiger partial charge in [0.15, 0.2) is 5.82 Å². The van der Waals surface area contributed by atoms with Crippen molar-refractivity contribution in [2.75, 3.05) is 4.72 Å². The van der Waals surface area contributed by atoms with Crippen LogP contribution in [0.5, 0.6) is 0 Å². The van der Waals surface area contributed by atoms with Crippen molar-refractivity contribution in [3.63, 3.8) is 0 Å². The number of H-pyrrole nitrogens is 1. The fraction of sp³-hybridized carbons (Fsp3) is 0. The number of sulfonamides is 1. The van der Waals surface area contributed by atoms with Crippen LogP contribution in [-0.4, -0.2) is 23.6 Å². The maximum atomic E-state index is 14.2. The molecule has 0 spiro atoms. The predicted octanol–water partition coefficient (Wildman–Crippen LogP) is 3.63. The molecule has 2 heterocycles. The Hall–Kier alpha value is -2.78. The number of fused-ring (bicyclic) bond motifs is 1. The normalized spacial score (nSPS) is 11.7. The molecule has 6 nitrogen and oxygen atoms in total. The first kappa shape index (κ1) is 15.7. The third-order valence-electron chi connectivity index (χ3n) is 3.58. The zero-order valence-electron chi connectivity index (χ0n) is 12.6. The standard InChI is InChI=1S/C16H11FN4O2S2/c17-11-5-3-6-12(15(11)16-18-9-19-20-16)21-25(22,23)14-8-10-4-1-2-7-13(10)24-14/h1-9,21H,(H,18,19,20). The fourth-order valence-electron chi connectivity index (χ4n) is 2.46. The van der Waals surface area contributed by atoms with Gasteiger partial charge < -0.3 is 0 Å². The van der Waals surface area contributed by atoms with Crippen LogP contribution in [-0.2, 0) is 10.0 Å². The van der Waals surface area contributed by atoms with Gasteiger partial charge in [-0.1, -0.05) is 24.3 Å². The first-order valence-corrected chi connectivity index (χ1v) is 9.50. The number of nitrogens with zero attached hydrogens (tertiary/aromatic N) is 2. The van der Waals surface area contributed by atoms with E-state index in [2.05, 4.69) is 19.9 Å². The highest BCUT2D eigenvalue weighted by Gasteiger charge is 2.21. The van der Waals surface area contributed by atoms with E-state index in [9.17, 15) is 12.8 Å². The molecule has 0 fully saturated rings. The molecule has 25 heavy (non-hydrogen) atoms. The number of anilines is 1. The molecule has 2 aromatic heterocycles. The summed E-state index contributed by atoms with van der Waals surface area (Å²) in [5.41, 5.74) is 0.110. The first-order valence-electron chi connectivity index (χ1n) is 7.20. The molecule has 2 N–H and O–H groups in total. The molecule has 9 heteroatoms. The molecule has 0 saturated heterocycles. The summed E-state index contributed by atoms with van der Waals surface area (Å²) in [5, 5.41) is 7.07. The molecule has 0 aliphatic rings. The summed E-state index contributed by atoms with van der Waals surface area (Å²) in [6.45, 7) is 0. The molecule has 0 aliphatic carbocycles. The number of nitrogens with one attached hydrogen (secondary N) is 2. The third-order valence-corrected chi connectivity index (χ3v) is 6.53. The van der Waals surface area contributed by atoms with Gasteiger partial charge in [-0.15, -0.1) is 11.3 Å². The van der Waals surface area contributed by atoms with Crippen molar-refractivity contribution < 1.29 is 12.8 Å². The molecule has 4 rings (SSSR count). The lowest BCUT2D eigenvalue weighted by Gasteiger charge is -2.10. The Balaban J connectivity index is 1.78. The quantitative estimate of drug-likeness (QED) is 0.571. The maximum Gasteiger partial charge on any atom is 0.271 e. The molecule has 126 valence electrons. The van der Waals surface area contributed by atoms with Crippen molar-refractivity contribution in [3.05, 3.63) is 60.7 Å². The van der Waals surface area contributed by atoms with Crippen molar-refractivity contribution in [2.24, 2.45) is 0 Å². The van der Waals surface area contributed by atoms with Gasteiger partial charge in [-0.05, 0) is 29.7 Å². The summed E-state index contributed by atoms with van der Waals surface area (Å²) in [5.74, 6) is -0.458. The van der Waals surface area contributed by atoms with E-state index < -0.39 is 15.8 Å². The lowest BCUT2D eigenvalue weighted by molar-refractivity contribution is 0.603. The minimum Gasteiger partial charge on any atom is -0.278 e. The minimum atomic E-state index is -3.87. The summed E-state index contributed by atoms with van der Waals surface area (Å²) in [6.07, 6.45) is 1.23. The van der Waals surface area contributed by atoms with E-state index in [0.29, 0.717) is 0 Å². The van der Waals surface area contributed by atoms with Crippen LogP contribution in [0, 0.1) is 5.82 Å². The number of aromatic nitrogens is 3. The van der Waals surface area contributed by atoms with Crippen LogP contribution >= 0.6 is 11.3 Å².